The van der Waals surface area contributed by atoms with E-state index in [4.69, 9.17) is 4.74 Å². The van der Waals surface area contributed by atoms with E-state index >= 15 is 0 Å². The topological polar surface area (TPSA) is 47.0 Å². The molecule has 0 amide bonds. The van der Waals surface area contributed by atoms with Crippen LogP contribution in [0.5, 0.6) is 5.75 Å². The number of aromatic nitrogens is 2. The molecule has 0 spiro atoms. The standard InChI is InChI=1S/C21H23N3O/c1-2-3-4-14-25-20-10-8-19(9-11-20)24-21-12-7-18(16-23-21)17-6-5-13-22-15-17/h5-13,15-16H,2-4,14H2,1H3,(H,23,24). The Balaban J connectivity index is 1.57. The molecule has 3 rings (SSSR count). The molecule has 0 radical (unpaired) electrons. The molecule has 0 aliphatic carbocycles. The Hall–Kier alpha value is -2.88. The lowest BCUT2D eigenvalue weighted by Gasteiger charge is -2.09. The van der Waals surface area contributed by atoms with Crippen LogP contribution in [-0.4, -0.2) is 16.6 Å². The minimum atomic E-state index is 0.776. The molecule has 25 heavy (non-hydrogen) atoms. The Bertz CT molecular complexity index is 755. The van der Waals surface area contributed by atoms with Crippen molar-refractivity contribution in [2.45, 2.75) is 26.2 Å². The third-order valence-corrected chi connectivity index (χ3v) is 3.90. The highest BCUT2D eigenvalue weighted by molar-refractivity contribution is 5.64. The normalized spacial score (nSPS) is 10.4. The predicted molar refractivity (Wildman–Crippen MR) is 102 cm³/mol. The number of nitrogens with one attached hydrogen (secondary N) is 1. The first kappa shape index (κ1) is 17.0. The molecule has 1 N–H and O–H groups in total. The van der Waals surface area contributed by atoms with Crippen molar-refractivity contribution in [3.8, 4) is 16.9 Å². The molecular formula is C21H23N3O. The lowest BCUT2D eigenvalue weighted by Crippen LogP contribution is -1.97. The molecular weight excluding hydrogens is 310 g/mol. The van der Waals surface area contributed by atoms with Crippen molar-refractivity contribution in [1.82, 2.24) is 9.97 Å². The molecule has 4 heteroatoms. The zero-order chi connectivity index (χ0) is 17.3. The van der Waals surface area contributed by atoms with E-state index in [1.54, 1.807) is 6.20 Å². The Morgan fingerprint density at radius 1 is 0.920 bits per heavy atom. The number of pyridine rings is 2. The van der Waals surface area contributed by atoms with Gasteiger partial charge in [-0.05, 0) is 48.9 Å². The Morgan fingerprint density at radius 2 is 1.76 bits per heavy atom. The van der Waals surface area contributed by atoms with Crippen LogP contribution in [0.3, 0.4) is 0 Å². The summed E-state index contributed by atoms with van der Waals surface area (Å²) < 4.78 is 5.73. The fourth-order valence-corrected chi connectivity index (χ4v) is 2.50. The summed E-state index contributed by atoms with van der Waals surface area (Å²) >= 11 is 0. The fourth-order valence-electron chi connectivity index (χ4n) is 2.50. The summed E-state index contributed by atoms with van der Waals surface area (Å²) in [6.45, 7) is 2.97. The second-order valence-corrected chi connectivity index (χ2v) is 5.88. The maximum atomic E-state index is 5.73. The Morgan fingerprint density at radius 3 is 2.44 bits per heavy atom. The summed E-state index contributed by atoms with van der Waals surface area (Å²) in [7, 11) is 0. The summed E-state index contributed by atoms with van der Waals surface area (Å²) in [5.74, 6) is 1.71. The first-order valence-electron chi connectivity index (χ1n) is 8.71. The molecule has 0 atom stereocenters. The van der Waals surface area contributed by atoms with Crippen LogP contribution in [0.25, 0.3) is 11.1 Å². The van der Waals surface area contributed by atoms with Crippen molar-refractivity contribution in [2.24, 2.45) is 0 Å². The van der Waals surface area contributed by atoms with Gasteiger partial charge in [-0.2, -0.15) is 0 Å². The highest BCUT2D eigenvalue weighted by atomic mass is 16.5. The highest BCUT2D eigenvalue weighted by Gasteiger charge is 2.01. The average molecular weight is 333 g/mol. The number of unbranched alkanes of at least 4 members (excludes halogenated alkanes) is 2. The molecule has 4 nitrogen and oxygen atoms in total. The quantitative estimate of drug-likeness (QED) is 0.556. The van der Waals surface area contributed by atoms with Gasteiger partial charge in [-0.15, -0.1) is 0 Å². The molecule has 0 aliphatic heterocycles. The SMILES string of the molecule is CCCCCOc1ccc(Nc2ccc(-c3cccnc3)cn2)cc1. The number of anilines is 2. The number of hydrogen-bond donors (Lipinski definition) is 1. The van der Waals surface area contributed by atoms with E-state index in [-0.39, 0.29) is 0 Å². The van der Waals surface area contributed by atoms with Crippen molar-refractivity contribution in [1.29, 1.82) is 0 Å². The minimum absolute atomic E-state index is 0.776. The number of ether oxygens (including phenoxy) is 1. The van der Waals surface area contributed by atoms with Gasteiger partial charge in [0.25, 0.3) is 0 Å². The van der Waals surface area contributed by atoms with E-state index < -0.39 is 0 Å². The molecule has 0 fully saturated rings. The summed E-state index contributed by atoms with van der Waals surface area (Å²) in [5.41, 5.74) is 3.10. The van der Waals surface area contributed by atoms with E-state index in [2.05, 4.69) is 22.2 Å². The number of nitrogens with zero attached hydrogens (tertiary/aromatic N) is 2. The fraction of sp³-hybridized carbons (Fsp3) is 0.238. The zero-order valence-corrected chi connectivity index (χ0v) is 14.5. The van der Waals surface area contributed by atoms with Gasteiger partial charge in [-0.1, -0.05) is 25.8 Å². The third kappa shape index (κ3) is 5.05. The molecule has 0 aliphatic rings. The monoisotopic (exact) mass is 333 g/mol. The van der Waals surface area contributed by atoms with Gasteiger partial charge >= 0.3 is 0 Å². The Labute approximate surface area is 148 Å². The number of benzene rings is 1. The summed E-state index contributed by atoms with van der Waals surface area (Å²) in [6.07, 6.45) is 8.97. The van der Waals surface area contributed by atoms with Crippen LogP contribution < -0.4 is 10.1 Å². The van der Waals surface area contributed by atoms with Gasteiger partial charge in [-0.3, -0.25) is 4.98 Å². The van der Waals surface area contributed by atoms with Crippen LogP contribution >= 0.6 is 0 Å². The van der Waals surface area contributed by atoms with E-state index in [0.717, 1.165) is 41.4 Å². The molecule has 1 aromatic carbocycles. The van der Waals surface area contributed by atoms with E-state index in [1.807, 2.05) is 60.9 Å². The summed E-state index contributed by atoms with van der Waals surface area (Å²) in [6, 6.07) is 15.9. The number of rotatable bonds is 8. The predicted octanol–water partition coefficient (Wildman–Crippen LogP) is 5.46. The molecule has 0 saturated carbocycles. The number of hydrogen-bond acceptors (Lipinski definition) is 4. The highest BCUT2D eigenvalue weighted by Crippen LogP contribution is 2.22. The van der Waals surface area contributed by atoms with Gasteiger partial charge in [0.2, 0.25) is 0 Å². The van der Waals surface area contributed by atoms with Crippen LogP contribution in [0.2, 0.25) is 0 Å². The minimum Gasteiger partial charge on any atom is -0.494 e. The molecule has 0 bridgehead atoms. The summed E-state index contributed by atoms with van der Waals surface area (Å²) in [4.78, 5) is 8.61. The maximum absolute atomic E-state index is 5.73. The van der Waals surface area contributed by atoms with Gasteiger partial charge in [0.1, 0.15) is 11.6 Å². The van der Waals surface area contributed by atoms with Crippen LogP contribution in [0.1, 0.15) is 26.2 Å². The maximum Gasteiger partial charge on any atom is 0.130 e. The van der Waals surface area contributed by atoms with Crippen LogP contribution in [0, 0.1) is 0 Å². The molecule has 0 unspecified atom stereocenters. The molecule has 3 aromatic rings. The van der Waals surface area contributed by atoms with Crippen LogP contribution in [0.4, 0.5) is 11.5 Å². The second-order valence-electron chi connectivity index (χ2n) is 5.88. The molecule has 2 aromatic heterocycles. The first-order valence-corrected chi connectivity index (χ1v) is 8.71. The lowest BCUT2D eigenvalue weighted by atomic mass is 10.1. The van der Waals surface area contributed by atoms with Gasteiger partial charge in [0.15, 0.2) is 0 Å². The van der Waals surface area contributed by atoms with Crippen LogP contribution in [-0.2, 0) is 0 Å². The van der Waals surface area contributed by atoms with Gasteiger partial charge < -0.3 is 10.1 Å². The van der Waals surface area contributed by atoms with E-state index in [9.17, 15) is 0 Å². The zero-order valence-electron chi connectivity index (χ0n) is 14.5. The second kappa shape index (κ2) is 8.83. The van der Waals surface area contributed by atoms with Crippen molar-refractivity contribution in [3.05, 3.63) is 67.1 Å². The van der Waals surface area contributed by atoms with Crippen molar-refractivity contribution in [3.63, 3.8) is 0 Å². The largest absolute Gasteiger partial charge is 0.494 e. The molecule has 2 heterocycles. The lowest BCUT2D eigenvalue weighted by molar-refractivity contribution is 0.306. The van der Waals surface area contributed by atoms with E-state index in [0.29, 0.717) is 0 Å². The van der Waals surface area contributed by atoms with Gasteiger partial charge in [0.05, 0.1) is 6.61 Å². The van der Waals surface area contributed by atoms with Crippen molar-refractivity contribution < 1.29 is 4.74 Å². The first-order chi connectivity index (χ1) is 12.3. The Kier molecular flexibility index (Phi) is 5.99. The molecule has 128 valence electrons. The van der Waals surface area contributed by atoms with Gasteiger partial charge in [-0.25, -0.2) is 4.98 Å². The summed E-state index contributed by atoms with van der Waals surface area (Å²) in [5, 5.41) is 3.30. The van der Waals surface area contributed by atoms with E-state index in [1.165, 1.54) is 12.8 Å². The van der Waals surface area contributed by atoms with Gasteiger partial charge in [0, 0.05) is 35.4 Å². The van der Waals surface area contributed by atoms with Crippen LogP contribution in [0.15, 0.2) is 67.1 Å². The smallest absolute Gasteiger partial charge is 0.130 e. The third-order valence-electron chi connectivity index (χ3n) is 3.90. The molecule has 0 saturated heterocycles. The average Bonchev–Trinajstić information content (AvgIpc) is 2.68. The van der Waals surface area contributed by atoms with Crippen molar-refractivity contribution >= 4 is 11.5 Å². The van der Waals surface area contributed by atoms with Crippen molar-refractivity contribution in [2.75, 3.05) is 11.9 Å².